The average Bonchev–Trinajstić information content (AvgIpc) is 2.52. The van der Waals surface area contributed by atoms with Crippen LogP contribution in [0.3, 0.4) is 0 Å². The third-order valence-electron chi connectivity index (χ3n) is 3.99. The number of aliphatic hydroxyl groups is 1. The Morgan fingerprint density at radius 3 is 2.33 bits per heavy atom. The van der Waals surface area contributed by atoms with Gasteiger partial charge in [0, 0.05) is 30.4 Å². The van der Waals surface area contributed by atoms with E-state index in [1.165, 1.54) is 6.07 Å². The van der Waals surface area contributed by atoms with Crippen LogP contribution in [0.4, 0.5) is 8.78 Å². The van der Waals surface area contributed by atoms with Gasteiger partial charge in [0.25, 0.3) is 0 Å². The zero-order valence-corrected chi connectivity index (χ0v) is 14.5. The molecule has 1 atom stereocenters. The van der Waals surface area contributed by atoms with Gasteiger partial charge >= 0.3 is 0 Å². The lowest BCUT2D eigenvalue weighted by atomic mass is 9.80. The summed E-state index contributed by atoms with van der Waals surface area (Å²) in [5, 5.41) is 12.8. The van der Waals surface area contributed by atoms with E-state index in [0.29, 0.717) is 0 Å². The Morgan fingerprint density at radius 2 is 1.79 bits per heavy atom. The standard InChI is InChI=1S/C18H25F2NO3/c1-11(2)17(24)18(3,4)10-21-16(23)8-7-15(22)12-5-6-13(19)14(20)9-12/h5-6,9,11,17,24H,7-8,10H2,1-4H3,(H,21,23). The van der Waals surface area contributed by atoms with E-state index in [4.69, 9.17) is 0 Å². The molecule has 1 rings (SSSR count). The van der Waals surface area contributed by atoms with Gasteiger partial charge in [0.2, 0.25) is 5.91 Å². The molecule has 1 aromatic carbocycles. The van der Waals surface area contributed by atoms with Gasteiger partial charge in [-0.05, 0) is 24.1 Å². The number of amides is 1. The molecule has 4 nitrogen and oxygen atoms in total. The number of Topliss-reactive ketones (excluding diaryl/α,β-unsaturated/α-hetero) is 1. The number of carbonyl (C=O) groups excluding carboxylic acids is 2. The zero-order chi connectivity index (χ0) is 18.5. The number of hydrogen-bond acceptors (Lipinski definition) is 3. The predicted octanol–water partition coefficient (Wildman–Crippen LogP) is 3.09. The summed E-state index contributed by atoms with van der Waals surface area (Å²) in [7, 11) is 0. The Balaban J connectivity index is 2.48. The van der Waals surface area contributed by atoms with Crippen molar-refractivity contribution in [2.75, 3.05) is 6.54 Å². The molecular formula is C18H25F2NO3. The summed E-state index contributed by atoms with van der Waals surface area (Å²) in [5.74, 6) is -2.79. The Labute approximate surface area is 141 Å². The zero-order valence-electron chi connectivity index (χ0n) is 14.5. The van der Waals surface area contributed by atoms with E-state index in [2.05, 4.69) is 5.32 Å². The molecule has 0 aromatic heterocycles. The molecule has 0 aliphatic heterocycles. The summed E-state index contributed by atoms with van der Waals surface area (Å²) in [6, 6.07) is 2.91. The Bertz CT molecular complexity index is 600. The van der Waals surface area contributed by atoms with Gasteiger partial charge in [-0.1, -0.05) is 27.7 Å². The Hall–Kier alpha value is -1.82. The molecule has 2 N–H and O–H groups in total. The van der Waals surface area contributed by atoms with E-state index in [1.54, 1.807) is 0 Å². The van der Waals surface area contributed by atoms with Gasteiger partial charge in [-0.2, -0.15) is 0 Å². The number of aliphatic hydroxyl groups excluding tert-OH is 1. The molecule has 0 fully saturated rings. The van der Waals surface area contributed by atoms with Gasteiger partial charge in [-0.15, -0.1) is 0 Å². The lowest BCUT2D eigenvalue weighted by Crippen LogP contribution is -2.43. The largest absolute Gasteiger partial charge is 0.392 e. The van der Waals surface area contributed by atoms with Crippen molar-refractivity contribution in [1.82, 2.24) is 5.32 Å². The van der Waals surface area contributed by atoms with Crippen molar-refractivity contribution in [3.05, 3.63) is 35.4 Å². The number of halogens is 2. The molecule has 0 aliphatic rings. The minimum Gasteiger partial charge on any atom is -0.392 e. The van der Waals surface area contributed by atoms with Crippen molar-refractivity contribution >= 4 is 11.7 Å². The van der Waals surface area contributed by atoms with Crippen LogP contribution in [0.5, 0.6) is 0 Å². The first-order valence-corrected chi connectivity index (χ1v) is 7.97. The van der Waals surface area contributed by atoms with Crippen molar-refractivity contribution in [3.63, 3.8) is 0 Å². The fraction of sp³-hybridized carbons (Fsp3) is 0.556. The highest BCUT2D eigenvalue weighted by molar-refractivity contribution is 5.97. The normalized spacial score (nSPS) is 13.0. The molecule has 0 bridgehead atoms. The predicted molar refractivity (Wildman–Crippen MR) is 87.6 cm³/mol. The molecule has 24 heavy (non-hydrogen) atoms. The van der Waals surface area contributed by atoms with E-state index in [0.717, 1.165) is 12.1 Å². The molecule has 134 valence electrons. The highest BCUT2D eigenvalue weighted by Crippen LogP contribution is 2.25. The maximum absolute atomic E-state index is 13.1. The van der Waals surface area contributed by atoms with Gasteiger partial charge in [0.1, 0.15) is 0 Å². The topological polar surface area (TPSA) is 66.4 Å². The number of ketones is 1. The smallest absolute Gasteiger partial charge is 0.220 e. The first kappa shape index (κ1) is 20.2. The summed E-state index contributed by atoms with van der Waals surface area (Å²) >= 11 is 0. The fourth-order valence-electron chi connectivity index (χ4n) is 2.46. The second-order valence-corrected chi connectivity index (χ2v) is 7.01. The van der Waals surface area contributed by atoms with Crippen LogP contribution in [0.2, 0.25) is 0 Å². The minimum absolute atomic E-state index is 0.0391. The van der Waals surface area contributed by atoms with Crippen LogP contribution in [-0.2, 0) is 4.79 Å². The molecular weight excluding hydrogens is 316 g/mol. The van der Waals surface area contributed by atoms with Crippen molar-refractivity contribution in [3.8, 4) is 0 Å². The fourth-order valence-corrected chi connectivity index (χ4v) is 2.46. The summed E-state index contributed by atoms with van der Waals surface area (Å²) in [6.07, 6.45) is -0.711. The number of rotatable bonds is 8. The lowest BCUT2D eigenvalue weighted by Gasteiger charge is -2.33. The van der Waals surface area contributed by atoms with Crippen LogP contribution in [0.15, 0.2) is 18.2 Å². The van der Waals surface area contributed by atoms with Gasteiger partial charge in [0.05, 0.1) is 6.10 Å². The van der Waals surface area contributed by atoms with Crippen LogP contribution < -0.4 is 5.32 Å². The molecule has 1 unspecified atom stereocenters. The van der Waals surface area contributed by atoms with Gasteiger partial charge in [-0.3, -0.25) is 9.59 Å². The number of carbonyl (C=O) groups is 2. The van der Waals surface area contributed by atoms with Gasteiger partial charge < -0.3 is 10.4 Å². The van der Waals surface area contributed by atoms with E-state index in [-0.39, 0.29) is 36.8 Å². The quantitative estimate of drug-likeness (QED) is 0.714. The number of hydrogen-bond donors (Lipinski definition) is 2. The van der Waals surface area contributed by atoms with Crippen molar-refractivity contribution in [2.45, 2.75) is 46.6 Å². The summed E-state index contributed by atoms with van der Waals surface area (Å²) in [5.41, 5.74) is -0.453. The second kappa shape index (κ2) is 8.33. The minimum atomic E-state index is -1.09. The van der Waals surface area contributed by atoms with Crippen LogP contribution in [0.25, 0.3) is 0 Å². The molecule has 0 saturated heterocycles. The maximum Gasteiger partial charge on any atom is 0.220 e. The van der Waals surface area contributed by atoms with Crippen LogP contribution in [0.1, 0.15) is 50.9 Å². The van der Waals surface area contributed by atoms with E-state index >= 15 is 0 Å². The molecule has 1 aromatic rings. The molecule has 0 radical (unpaired) electrons. The third kappa shape index (κ3) is 5.67. The molecule has 6 heteroatoms. The van der Waals surface area contributed by atoms with Crippen molar-refractivity contribution < 1.29 is 23.5 Å². The molecule has 0 spiro atoms. The first-order chi connectivity index (χ1) is 11.0. The van der Waals surface area contributed by atoms with E-state index in [1.807, 2.05) is 27.7 Å². The first-order valence-electron chi connectivity index (χ1n) is 7.97. The monoisotopic (exact) mass is 341 g/mol. The van der Waals surface area contributed by atoms with Gasteiger partial charge in [-0.25, -0.2) is 8.78 Å². The molecule has 0 saturated carbocycles. The maximum atomic E-state index is 13.1. The second-order valence-electron chi connectivity index (χ2n) is 7.01. The summed E-state index contributed by atoms with van der Waals surface area (Å²) in [4.78, 5) is 23.8. The highest BCUT2D eigenvalue weighted by Gasteiger charge is 2.30. The van der Waals surface area contributed by atoms with Crippen LogP contribution in [-0.4, -0.2) is 29.4 Å². The Kier molecular flexibility index (Phi) is 7.02. The molecule has 1 amide bonds. The Morgan fingerprint density at radius 1 is 1.17 bits per heavy atom. The van der Waals surface area contributed by atoms with Crippen molar-refractivity contribution in [2.24, 2.45) is 11.3 Å². The van der Waals surface area contributed by atoms with Gasteiger partial charge in [0.15, 0.2) is 17.4 Å². The van der Waals surface area contributed by atoms with Crippen LogP contribution >= 0.6 is 0 Å². The van der Waals surface area contributed by atoms with Crippen LogP contribution in [0, 0.1) is 23.0 Å². The third-order valence-corrected chi connectivity index (χ3v) is 3.99. The molecule has 0 heterocycles. The van der Waals surface area contributed by atoms with Crippen molar-refractivity contribution in [1.29, 1.82) is 0 Å². The summed E-state index contributed by atoms with van der Waals surface area (Å²) < 4.78 is 25.9. The number of benzene rings is 1. The molecule has 0 aliphatic carbocycles. The highest BCUT2D eigenvalue weighted by atomic mass is 19.2. The lowest BCUT2D eigenvalue weighted by molar-refractivity contribution is -0.122. The summed E-state index contributed by atoms with van der Waals surface area (Å²) in [6.45, 7) is 7.78. The van der Waals surface area contributed by atoms with E-state index < -0.39 is 28.9 Å². The average molecular weight is 341 g/mol. The SMILES string of the molecule is CC(C)C(O)C(C)(C)CNC(=O)CCC(=O)c1ccc(F)c(F)c1. The number of nitrogens with one attached hydrogen (secondary N) is 1. The van der Waals surface area contributed by atoms with E-state index in [9.17, 15) is 23.5 Å².